The second kappa shape index (κ2) is 7.67. The van der Waals surface area contributed by atoms with Gasteiger partial charge in [-0.3, -0.25) is 0 Å². The first-order valence-electron chi connectivity index (χ1n) is 9.29. The Hall–Kier alpha value is -2.44. The zero-order valence-corrected chi connectivity index (χ0v) is 16.6. The van der Waals surface area contributed by atoms with Crippen molar-refractivity contribution in [3.63, 3.8) is 0 Å². The molecule has 2 aromatic rings. The van der Waals surface area contributed by atoms with Crippen molar-refractivity contribution >= 4 is 27.5 Å². The Labute approximate surface area is 171 Å². The molecule has 1 saturated heterocycles. The molecule has 0 bridgehead atoms. The molecule has 2 fully saturated rings. The van der Waals surface area contributed by atoms with Gasteiger partial charge in [-0.15, -0.1) is 0 Å². The van der Waals surface area contributed by atoms with Gasteiger partial charge in [0, 0.05) is 12.2 Å². The number of rotatable bonds is 5. The summed E-state index contributed by atoms with van der Waals surface area (Å²) in [6.45, 7) is 0.0858. The van der Waals surface area contributed by atoms with E-state index >= 15 is 0 Å². The first-order chi connectivity index (χ1) is 14.2. The number of nitrogens with zero attached hydrogens (tertiary/aromatic N) is 3. The summed E-state index contributed by atoms with van der Waals surface area (Å²) >= 11 is 0. The Kier molecular flexibility index (Phi) is 5.32. The number of hydrogen-bond acceptors (Lipinski definition) is 7. The van der Waals surface area contributed by atoms with Crippen molar-refractivity contribution in [2.24, 2.45) is 5.14 Å². The van der Waals surface area contributed by atoms with E-state index in [1.165, 1.54) is 29.2 Å². The summed E-state index contributed by atoms with van der Waals surface area (Å²) in [4.78, 5) is 9.46. The van der Waals surface area contributed by atoms with Crippen molar-refractivity contribution in [3.05, 3.63) is 36.3 Å². The van der Waals surface area contributed by atoms with Crippen LogP contribution in [0.1, 0.15) is 19.3 Å². The van der Waals surface area contributed by atoms with Gasteiger partial charge < -0.3 is 15.0 Å². The first-order valence-corrected chi connectivity index (χ1v) is 10.8. The molecule has 30 heavy (non-hydrogen) atoms. The number of benzene rings is 1. The van der Waals surface area contributed by atoms with Gasteiger partial charge in [0.1, 0.15) is 6.10 Å². The number of morpholine rings is 1. The van der Waals surface area contributed by atoms with E-state index in [4.69, 9.17) is 9.88 Å². The van der Waals surface area contributed by atoms with Gasteiger partial charge >= 0.3 is 0 Å². The fourth-order valence-electron chi connectivity index (χ4n) is 3.66. The summed E-state index contributed by atoms with van der Waals surface area (Å²) in [7, 11) is -3.83. The highest BCUT2D eigenvalue weighted by molar-refractivity contribution is 7.89. The van der Waals surface area contributed by atoms with Crippen molar-refractivity contribution in [1.29, 1.82) is 0 Å². The number of halogens is 3. The van der Waals surface area contributed by atoms with Crippen molar-refractivity contribution in [3.8, 4) is 0 Å². The quantitative estimate of drug-likeness (QED) is 0.730. The second-order valence-corrected chi connectivity index (χ2v) is 9.03. The highest BCUT2D eigenvalue weighted by Gasteiger charge is 2.48. The van der Waals surface area contributed by atoms with Crippen LogP contribution >= 0.6 is 0 Å². The number of nitrogens with two attached hydrogens (primary N) is 1. The van der Waals surface area contributed by atoms with Crippen LogP contribution < -0.4 is 15.4 Å². The number of ether oxygens (including phenoxy) is 1. The van der Waals surface area contributed by atoms with Gasteiger partial charge in [0.15, 0.2) is 11.6 Å². The number of hydrogen-bond donors (Lipinski definition) is 2. The minimum Gasteiger partial charge on any atom is -0.362 e. The topological polar surface area (TPSA) is 110 Å². The van der Waals surface area contributed by atoms with Crippen LogP contribution in [0, 0.1) is 5.82 Å². The van der Waals surface area contributed by atoms with Gasteiger partial charge in [0.2, 0.25) is 16.0 Å². The van der Waals surface area contributed by atoms with Gasteiger partial charge in [0.05, 0.1) is 23.2 Å². The predicted molar refractivity (Wildman–Crippen MR) is 103 cm³/mol. The van der Waals surface area contributed by atoms with Gasteiger partial charge in [0.25, 0.3) is 6.43 Å². The van der Waals surface area contributed by atoms with E-state index in [1.807, 2.05) is 0 Å². The van der Waals surface area contributed by atoms with E-state index in [9.17, 15) is 21.6 Å². The Morgan fingerprint density at radius 2 is 1.97 bits per heavy atom. The smallest absolute Gasteiger partial charge is 0.266 e. The highest BCUT2D eigenvalue weighted by Crippen LogP contribution is 2.42. The van der Waals surface area contributed by atoms with E-state index in [0.717, 1.165) is 12.6 Å². The first kappa shape index (κ1) is 20.8. The fourth-order valence-corrected chi connectivity index (χ4v) is 4.18. The normalized spacial score (nSPS) is 21.0. The van der Waals surface area contributed by atoms with Crippen LogP contribution in [0.2, 0.25) is 0 Å². The summed E-state index contributed by atoms with van der Waals surface area (Å²) in [5.74, 6) is -0.777. The number of sulfonamides is 1. The molecule has 162 valence electrons. The lowest BCUT2D eigenvalue weighted by Crippen LogP contribution is -2.61. The summed E-state index contributed by atoms with van der Waals surface area (Å²) < 4.78 is 69.5. The lowest BCUT2D eigenvalue weighted by atomic mass is 9.78. The fraction of sp³-hybridized carbons (Fsp3) is 0.444. The van der Waals surface area contributed by atoms with Gasteiger partial charge in [-0.1, -0.05) is 0 Å². The maximum absolute atomic E-state index is 14.5. The number of anilines is 3. The third-order valence-corrected chi connectivity index (χ3v) is 6.22. The molecule has 0 amide bonds. The van der Waals surface area contributed by atoms with E-state index in [1.54, 1.807) is 0 Å². The molecular formula is C18H20F3N5O3S. The van der Waals surface area contributed by atoms with Crippen LogP contribution in [0.5, 0.6) is 0 Å². The zero-order chi connectivity index (χ0) is 21.5. The molecule has 0 radical (unpaired) electrons. The molecule has 2 heterocycles. The number of alkyl halides is 2. The molecule has 1 aliphatic heterocycles. The number of aromatic nitrogens is 2. The summed E-state index contributed by atoms with van der Waals surface area (Å²) in [5, 5.41) is 7.91. The van der Waals surface area contributed by atoms with Gasteiger partial charge in [-0.25, -0.2) is 31.7 Å². The van der Waals surface area contributed by atoms with Crippen LogP contribution in [0.25, 0.3) is 0 Å². The number of primary sulfonamides is 1. The summed E-state index contributed by atoms with van der Waals surface area (Å²) in [5.41, 5.74) is -0.253. The maximum Gasteiger partial charge on any atom is 0.266 e. The molecule has 4 rings (SSSR count). The molecule has 1 aromatic heterocycles. The number of nitrogens with one attached hydrogen (secondary N) is 1. The SMILES string of the molecule is NS(=O)(=O)c1ccc(Nc2ncc(F)c(N3C[C@H](C(F)F)OC4(CCC4)C3)n2)cc1. The molecule has 1 atom stereocenters. The maximum atomic E-state index is 14.5. The summed E-state index contributed by atoms with van der Waals surface area (Å²) in [6, 6.07) is 5.52. The Morgan fingerprint density at radius 3 is 2.53 bits per heavy atom. The van der Waals surface area contributed by atoms with Crippen molar-refractivity contribution in [1.82, 2.24) is 9.97 Å². The Morgan fingerprint density at radius 1 is 1.27 bits per heavy atom. The molecule has 1 saturated carbocycles. The van der Waals surface area contributed by atoms with Crippen LogP contribution in [0.3, 0.4) is 0 Å². The minimum atomic E-state index is -3.83. The van der Waals surface area contributed by atoms with E-state index in [-0.39, 0.29) is 29.8 Å². The monoisotopic (exact) mass is 443 g/mol. The van der Waals surface area contributed by atoms with Crippen LogP contribution in [0.15, 0.2) is 35.4 Å². The van der Waals surface area contributed by atoms with Crippen molar-refractivity contribution in [2.45, 2.75) is 42.3 Å². The molecule has 12 heteroatoms. The minimum absolute atomic E-state index is 0.0394. The van der Waals surface area contributed by atoms with Gasteiger partial charge in [-0.05, 0) is 43.5 Å². The zero-order valence-electron chi connectivity index (χ0n) is 15.8. The predicted octanol–water partition coefficient (Wildman–Crippen LogP) is 2.40. The molecule has 2 aliphatic rings. The lowest BCUT2D eigenvalue weighted by molar-refractivity contribution is -0.185. The van der Waals surface area contributed by atoms with Crippen LogP contribution in [-0.4, -0.2) is 49.6 Å². The van der Waals surface area contributed by atoms with Crippen molar-refractivity contribution in [2.75, 3.05) is 23.3 Å². The standard InChI is InChI=1S/C18H20F3N5O3S/c19-13-8-23-17(24-11-2-4-12(5-3-11)30(22,27)28)25-16(13)26-9-14(15(20)21)29-18(10-26)6-1-7-18/h2-5,8,14-15H,1,6-7,9-10H2,(H2,22,27,28)(H,23,24,25)/t14-/m1/s1. The molecule has 1 aliphatic carbocycles. The second-order valence-electron chi connectivity index (χ2n) is 7.47. The van der Waals surface area contributed by atoms with E-state index in [2.05, 4.69) is 15.3 Å². The molecule has 0 unspecified atom stereocenters. The average molecular weight is 443 g/mol. The molecule has 8 nitrogen and oxygen atoms in total. The summed E-state index contributed by atoms with van der Waals surface area (Å²) in [6.07, 6.45) is -0.899. The van der Waals surface area contributed by atoms with Crippen molar-refractivity contribution < 1.29 is 26.3 Å². The molecule has 1 spiro atoms. The lowest BCUT2D eigenvalue weighted by Gasteiger charge is -2.51. The third kappa shape index (κ3) is 4.20. The van der Waals surface area contributed by atoms with E-state index < -0.39 is 34.0 Å². The molecular weight excluding hydrogens is 423 g/mol. The third-order valence-electron chi connectivity index (χ3n) is 5.29. The largest absolute Gasteiger partial charge is 0.362 e. The highest BCUT2D eigenvalue weighted by atomic mass is 32.2. The average Bonchev–Trinajstić information content (AvgIpc) is 2.67. The molecule has 1 aromatic carbocycles. The van der Waals surface area contributed by atoms with Gasteiger partial charge in [-0.2, -0.15) is 4.98 Å². The van der Waals surface area contributed by atoms with E-state index in [0.29, 0.717) is 18.5 Å². The van der Waals surface area contributed by atoms with Crippen LogP contribution in [0.4, 0.5) is 30.6 Å². The molecule has 3 N–H and O–H groups in total. The Bertz CT molecular complexity index is 1030. The van der Waals surface area contributed by atoms with Crippen LogP contribution in [-0.2, 0) is 14.8 Å². The Balaban J connectivity index is 1.57.